The van der Waals surface area contributed by atoms with Gasteiger partial charge in [-0.15, -0.1) is 0 Å². The van der Waals surface area contributed by atoms with Crippen LogP contribution in [-0.2, 0) is 30.2 Å². The number of carbonyl (C=O) groups is 3. The molecule has 2 amide bonds. The fourth-order valence-corrected chi connectivity index (χ4v) is 3.11. The van der Waals surface area contributed by atoms with E-state index in [1.54, 1.807) is 0 Å². The van der Waals surface area contributed by atoms with Crippen molar-refractivity contribution >= 4 is 63.7 Å². The third kappa shape index (κ3) is 5.06. The van der Waals surface area contributed by atoms with Crippen molar-refractivity contribution in [3.8, 4) is 0 Å². The van der Waals surface area contributed by atoms with E-state index in [2.05, 4.69) is 11.9 Å². The molecule has 1 rings (SSSR count). The number of esters is 1. The van der Waals surface area contributed by atoms with Crippen LogP contribution in [0.4, 0.5) is 0 Å². The number of rotatable bonds is 6. The fourth-order valence-electron chi connectivity index (χ4n) is 2.11. The van der Waals surface area contributed by atoms with Gasteiger partial charge in [0.05, 0.1) is 0 Å². The lowest BCUT2D eigenvalue weighted by atomic mass is 9.99. The predicted molar refractivity (Wildman–Crippen MR) is 88.9 cm³/mol. The minimum atomic E-state index is -2.53. The van der Waals surface area contributed by atoms with Crippen LogP contribution in [0.2, 0.25) is 0 Å². The number of carbonyl (C=O) groups excluding carboxylic acids is 3. The Morgan fingerprint density at radius 2 is 2.00 bits per heavy atom. The Kier molecular flexibility index (Phi) is 7.06. The standard InChI is InChI=1S/C12H15Cl3N2O6S/c1-5(2)8(11(20)23-4-12(13,14)15)17-9(19)7(16-6(3)18)10(17)24(21)22/h7-8,10H,1,4H2,2-3H3,(H,16,18)(H,21,22). The van der Waals surface area contributed by atoms with Gasteiger partial charge in [0.15, 0.2) is 22.5 Å². The topological polar surface area (TPSA) is 113 Å². The normalized spacial score (nSPS) is 23.1. The molecule has 0 saturated carbocycles. The molecule has 12 heteroatoms. The average Bonchev–Trinajstić information content (AvgIpc) is 2.40. The largest absolute Gasteiger partial charge is 0.459 e. The van der Waals surface area contributed by atoms with Gasteiger partial charge in [0, 0.05) is 6.92 Å². The van der Waals surface area contributed by atoms with Crippen molar-refractivity contribution in [3.05, 3.63) is 12.2 Å². The first-order valence-corrected chi connectivity index (χ1v) is 8.75. The van der Waals surface area contributed by atoms with Crippen LogP contribution in [0.25, 0.3) is 0 Å². The van der Waals surface area contributed by atoms with Gasteiger partial charge in [-0.1, -0.05) is 41.4 Å². The van der Waals surface area contributed by atoms with Crippen LogP contribution in [0.3, 0.4) is 0 Å². The van der Waals surface area contributed by atoms with Crippen LogP contribution in [0.5, 0.6) is 0 Å². The SMILES string of the molecule is C=C(C)C(C(=O)OCC(Cl)(Cl)Cl)N1C(=O)C(NC(C)=O)C1S(=O)O. The molecule has 0 bridgehead atoms. The third-order valence-electron chi connectivity index (χ3n) is 2.99. The number of β-lactam (4-membered cyclic amide) rings is 1. The van der Waals surface area contributed by atoms with E-state index < -0.39 is 56.7 Å². The van der Waals surface area contributed by atoms with Crippen molar-refractivity contribution in [2.24, 2.45) is 0 Å². The highest BCUT2D eigenvalue weighted by molar-refractivity contribution is 7.80. The van der Waals surface area contributed by atoms with Gasteiger partial charge in [-0.3, -0.25) is 9.59 Å². The molecule has 4 atom stereocenters. The van der Waals surface area contributed by atoms with Crippen LogP contribution in [0.1, 0.15) is 13.8 Å². The van der Waals surface area contributed by atoms with Crippen LogP contribution in [0.15, 0.2) is 12.2 Å². The van der Waals surface area contributed by atoms with E-state index in [4.69, 9.17) is 39.5 Å². The number of nitrogens with one attached hydrogen (secondary N) is 1. The second-order valence-electron chi connectivity index (χ2n) is 5.06. The lowest BCUT2D eigenvalue weighted by Crippen LogP contribution is -2.75. The third-order valence-corrected chi connectivity index (χ3v) is 4.23. The Morgan fingerprint density at radius 1 is 1.46 bits per heavy atom. The number of nitrogens with zero attached hydrogens (tertiary/aromatic N) is 1. The lowest BCUT2D eigenvalue weighted by Gasteiger charge is -2.47. The molecule has 0 aromatic rings. The number of likely N-dealkylation sites (tertiary alicyclic amines) is 1. The molecule has 0 aromatic heterocycles. The Morgan fingerprint density at radius 3 is 2.38 bits per heavy atom. The second kappa shape index (κ2) is 8.01. The average molecular weight is 422 g/mol. The molecule has 4 unspecified atom stereocenters. The Hall–Kier alpha value is -0.870. The van der Waals surface area contributed by atoms with Gasteiger partial charge in [-0.05, 0) is 12.5 Å². The zero-order valence-electron chi connectivity index (χ0n) is 12.6. The van der Waals surface area contributed by atoms with E-state index in [-0.39, 0.29) is 5.57 Å². The summed E-state index contributed by atoms with van der Waals surface area (Å²) < 4.78 is 23.9. The Labute approximate surface area is 155 Å². The van der Waals surface area contributed by atoms with Gasteiger partial charge in [0.2, 0.25) is 9.70 Å². The number of halogens is 3. The molecular formula is C12H15Cl3N2O6S. The minimum absolute atomic E-state index is 0.175. The van der Waals surface area contributed by atoms with Gasteiger partial charge in [0.1, 0.15) is 12.6 Å². The highest BCUT2D eigenvalue weighted by Crippen LogP contribution is 2.30. The van der Waals surface area contributed by atoms with Crippen LogP contribution >= 0.6 is 34.8 Å². The maximum absolute atomic E-state index is 12.2. The number of alkyl halides is 3. The highest BCUT2D eigenvalue weighted by Gasteiger charge is 2.56. The molecule has 1 aliphatic heterocycles. The molecule has 2 N–H and O–H groups in total. The summed E-state index contributed by atoms with van der Waals surface area (Å²) in [6.07, 6.45) is 0. The molecule has 0 aromatic carbocycles. The van der Waals surface area contributed by atoms with Gasteiger partial charge < -0.3 is 19.5 Å². The van der Waals surface area contributed by atoms with Crippen LogP contribution < -0.4 is 5.32 Å². The Balaban J connectivity index is 3.01. The molecule has 1 fully saturated rings. The predicted octanol–water partition coefficient (Wildman–Crippen LogP) is 0.739. The molecule has 1 aliphatic rings. The molecule has 136 valence electrons. The smallest absolute Gasteiger partial charge is 0.333 e. The highest BCUT2D eigenvalue weighted by atomic mass is 35.6. The first-order chi connectivity index (χ1) is 10.9. The first-order valence-electron chi connectivity index (χ1n) is 6.44. The maximum atomic E-state index is 12.2. The first kappa shape index (κ1) is 21.2. The molecule has 1 heterocycles. The maximum Gasteiger partial charge on any atom is 0.333 e. The van der Waals surface area contributed by atoms with Crippen molar-refractivity contribution < 1.29 is 27.9 Å². The van der Waals surface area contributed by atoms with Crippen molar-refractivity contribution in [2.75, 3.05) is 6.61 Å². The summed E-state index contributed by atoms with van der Waals surface area (Å²) >= 11 is 13.9. The summed E-state index contributed by atoms with van der Waals surface area (Å²) in [4.78, 5) is 36.3. The van der Waals surface area contributed by atoms with Crippen molar-refractivity contribution in [3.63, 3.8) is 0 Å². The molecule has 24 heavy (non-hydrogen) atoms. The number of ether oxygens (including phenoxy) is 1. The molecule has 8 nitrogen and oxygen atoms in total. The molecule has 0 spiro atoms. The van der Waals surface area contributed by atoms with E-state index >= 15 is 0 Å². The van der Waals surface area contributed by atoms with Gasteiger partial charge >= 0.3 is 5.97 Å². The van der Waals surface area contributed by atoms with Crippen LogP contribution in [0, 0.1) is 0 Å². The van der Waals surface area contributed by atoms with Crippen molar-refractivity contribution in [1.82, 2.24) is 10.2 Å². The fraction of sp³-hybridized carbons (Fsp3) is 0.583. The van der Waals surface area contributed by atoms with E-state index in [0.29, 0.717) is 0 Å². The van der Waals surface area contributed by atoms with E-state index in [9.17, 15) is 23.1 Å². The monoisotopic (exact) mass is 420 g/mol. The Bertz CT molecular complexity index is 594. The molecular weight excluding hydrogens is 407 g/mol. The van der Waals surface area contributed by atoms with E-state index in [1.165, 1.54) is 6.92 Å². The molecule has 0 aliphatic carbocycles. The second-order valence-corrected chi connectivity index (χ2v) is 8.61. The van der Waals surface area contributed by atoms with Crippen molar-refractivity contribution in [2.45, 2.75) is 35.1 Å². The zero-order chi connectivity index (χ0) is 18.8. The summed E-state index contributed by atoms with van der Waals surface area (Å²) in [5.74, 6) is -2.26. The number of amides is 2. The van der Waals surface area contributed by atoms with Crippen LogP contribution in [-0.4, -0.2) is 59.3 Å². The summed E-state index contributed by atoms with van der Waals surface area (Å²) in [5, 5.41) is 0.921. The van der Waals surface area contributed by atoms with E-state index in [0.717, 1.165) is 11.8 Å². The summed E-state index contributed by atoms with van der Waals surface area (Å²) in [5.41, 5.74) is 0.175. The van der Waals surface area contributed by atoms with Gasteiger partial charge in [-0.25, -0.2) is 9.00 Å². The minimum Gasteiger partial charge on any atom is -0.459 e. The number of hydrogen-bond acceptors (Lipinski definition) is 5. The summed E-state index contributed by atoms with van der Waals surface area (Å²) in [6.45, 7) is 5.58. The van der Waals surface area contributed by atoms with Gasteiger partial charge in [0.25, 0.3) is 5.91 Å². The summed E-state index contributed by atoms with van der Waals surface area (Å²) in [6, 6.07) is -2.58. The molecule has 0 radical (unpaired) electrons. The van der Waals surface area contributed by atoms with E-state index in [1.807, 2.05) is 0 Å². The van der Waals surface area contributed by atoms with Crippen molar-refractivity contribution in [1.29, 1.82) is 0 Å². The molecule has 1 saturated heterocycles. The zero-order valence-corrected chi connectivity index (χ0v) is 15.7. The lowest BCUT2D eigenvalue weighted by molar-refractivity contribution is -0.163. The number of hydrogen-bond donors (Lipinski definition) is 2. The quantitative estimate of drug-likeness (QED) is 0.215. The van der Waals surface area contributed by atoms with Gasteiger partial charge in [-0.2, -0.15) is 0 Å². The summed E-state index contributed by atoms with van der Waals surface area (Å²) in [7, 11) is 0.